The molecule has 46 valence electrons. The van der Waals surface area contributed by atoms with Gasteiger partial charge in [0.2, 0.25) is 0 Å². The normalized spacial score (nSPS) is 12.0. The van der Waals surface area contributed by atoms with Crippen LogP contribution in [0.5, 0.6) is 0 Å². The Labute approximate surface area is 58.3 Å². The van der Waals surface area contributed by atoms with Gasteiger partial charge in [0.25, 0.3) is 0 Å². The van der Waals surface area contributed by atoms with E-state index in [0.717, 1.165) is 5.52 Å². The first-order chi connectivity index (χ1) is 4.93. The minimum atomic E-state index is 1.10. The molecule has 0 atom stereocenters. The third-order valence-electron chi connectivity index (χ3n) is 2.01. The van der Waals surface area contributed by atoms with Crippen LogP contribution in [0.2, 0.25) is 0 Å². The summed E-state index contributed by atoms with van der Waals surface area (Å²) in [5.41, 5.74) is 3.66. The Hall–Kier alpha value is -1.37. The van der Waals surface area contributed by atoms with Gasteiger partial charge in [-0.1, -0.05) is 6.07 Å². The zero-order chi connectivity index (χ0) is 6.55. The maximum atomic E-state index is 4.26. The van der Waals surface area contributed by atoms with Crippen molar-refractivity contribution in [2.45, 2.75) is 0 Å². The molecule has 0 aliphatic heterocycles. The Bertz CT molecular complexity index is 381. The van der Waals surface area contributed by atoms with Gasteiger partial charge < -0.3 is 0 Å². The van der Waals surface area contributed by atoms with Gasteiger partial charge in [0.05, 0.1) is 5.52 Å². The van der Waals surface area contributed by atoms with Gasteiger partial charge in [0.1, 0.15) is 0 Å². The molecule has 3 rings (SSSR count). The lowest BCUT2D eigenvalue weighted by molar-refractivity contribution is 1.44. The summed E-state index contributed by atoms with van der Waals surface area (Å²) < 4.78 is 0. The highest BCUT2D eigenvalue weighted by Gasteiger charge is 2.07. The monoisotopic (exact) mass is 127 g/mol. The molecule has 10 heavy (non-hydrogen) atoms. The van der Waals surface area contributed by atoms with Crippen molar-refractivity contribution >= 4 is 10.9 Å². The SMILES string of the molecule is c1cc2ncc3cc2cc1-3. The van der Waals surface area contributed by atoms with Crippen LogP contribution in [0.1, 0.15) is 0 Å². The number of pyridine rings is 1. The maximum absolute atomic E-state index is 4.26. The lowest BCUT2D eigenvalue weighted by Crippen LogP contribution is -1.67. The minimum absolute atomic E-state index is 1.10. The fourth-order valence-electron chi connectivity index (χ4n) is 1.47. The predicted octanol–water partition coefficient (Wildman–Crippen LogP) is 2.22. The van der Waals surface area contributed by atoms with Gasteiger partial charge in [-0.25, -0.2) is 0 Å². The number of hydrogen-bond acceptors (Lipinski definition) is 1. The van der Waals surface area contributed by atoms with E-state index in [9.17, 15) is 0 Å². The smallest absolute Gasteiger partial charge is 0.0702 e. The Morgan fingerprint density at radius 3 is 2.90 bits per heavy atom. The molecule has 0 amide bonds. The average Bonchev–Trinajstić information content (AvgIpc) is 2.19. The zero-order valence-electron chi connectivity index (χ0n) is 5.33. The van der Waals surface area contributed by atoms with E-state index in [0.29, 0.717) is 0 Å². The lowest BCUT2D eigenvalue weighted by atomic mass is 10.2. The first-order valence-electron chi connectivity index (χ1n) is 3.34. The highest BCUT2D eigenvalue weighted by Crippen LogP contribution is 2.31. The Morgan fingerprint density at radius 1 is 1.00 bits per heavy atom. The molecular weight excluding hydrogens is 122 g/mol. The van der Waals surface area contributed by atoms with Gasteiger partial charge in [-0.3, -0.25) is 4.98 Å². The number of benzene rings is 1. The molecule has 1 aromatic carbocycles. The molecule has 0 radical (unpaired) electrons. The number of hydrogen-bond donors (Lipinski definition) is 0. The van der Waals surface area contributed by atoms with Gasteiger partial charge in [-0.15, -0.1) is 0 Å². The molecule has 0 spiro atoms. The minimum Gasteiger partial charge on any atom is -0.256 e. The molecule has 0 unspecified atom stereocenters. The molecule has 1 heterocycles. The number of fused-ring (bicyclic) bond motifs is 3. The van der Waals surface area contributed by atoms with E-state index >= 15 is 0 Å². The molecule has 1 nitrogen and oxygen atoms in total. The van der Waals surface area contributed by atoms with Gasteiger partial charge in [0, 0.05) is 17.1 Å². The van der Waals surface area contributed by atoms with E-state index in [-0.39, 0.29) is 0 Å². The van der Waals surface area contributed by atoms with Gasteiger partial charge >= 0.3 is 0 Å². The van der Waals surface area contributed by atoms with E-state index in [4.69, 9.17) is 0 Å². The van der Waals surface area contributed by atoms with Gasteiger partial charge in [0.15, 0.2) is 0 Å². The van der Waals surface area contributed by atoms with Gasteiger partial charge in [-0.2, -0.15) is 0 Å². The summed E-state index contributed by atoms with van der Waals surface area (Å²) in [7, 11) is 0. The molecule has 0 N–H and O–H groups in total. The van der Waals surface area contributed by atoms with E-state index in [1.54, 1.807) is 0 Å². The third kappa shape index (κ3) is 0.346. The first-order valence-corrected chi connectivity index (χ1v) is 3.34. The molecule has 0 saturated carbocycles. The molecule has 0 saturated heterocycles. The summed E-state index contributed by atoms with van der Waals surface area (Å²) in [6, 6.07) is 8.54. The molecule has 0 fully saturated rings. The quantitative estimate of drug-likeness (QED) is 0.451. The van der Waals surface area contributed by atoms with Crippen LogP contribution in [0, 0.1) is 0 Å². The first kappa shape index (κ1) is 4.45. The predicted molar refractivity (Wildman–Crippen MR) is 40.7 cm³/mol. The second kappa shape index (κ2) is 1.21. The average molecular weight is 127 g/mol. The molecule has 3 bridgehead atoms. The Morgan fingerprint density at radius 2 is 1.90 bits per heavy atom. The summed E-state index contributed by atoms with van der Waals surface area (Å²) >= 11 is 0. The van der Waals surface area contributed by atoms with E-state index in [1.807, 2.05) is 6.20 Å². The fraction of sp³-hybridized carbons (Fsp3) is 0. The van der Waals surface area contributed by atoms with Crippen molar-refractivity contribution in [3.8, 4) is 11.1 Å². The van der Waals surface area contributed by atoms with Crippen LogP contribution in [0.15, 0.2) is 30.5 Å². The Kier molecular flexibility index (Phi) is 0.539. The third-order valence-corrected chi connectivity index (χ3v) is 2.01. The van der Waals surface area contributed by atoms with Crippen molar-refractivity contribution in [3.63, 3.8) is 0 Å². The van der Waals surface area contributed by atoms with Crippen LogP contribution in [-0.2, 0) is 0 Å². The summed E-state index contributed by atoms with van der Waals surface area (Å²) in [6.45, 7) is 0. The second-order valence-corrected chi connectivity index (χ2v) is 2.63. The van der Waals surface area contributed by atoms with E-state index in [1.165, 1.54) is 16.5 Å². The van der Waals surface area contributed by atoms with E-state index in [2.05, 4.69) is 29.2 Å². The molecule has 1 aromatic heterocycles. The number of aromatic nitrogens is 1. The van der Waals surface area contributed by atoms with Crippen molar-refractivity contribution in [3.05, 3.63) is 30.5 Å². The van der Waals surface area contributed by atoms with Crippen molar-refractivity contribution < 1.29 is 0 Å². The highest BCUT2D eigenvalue weighted by atomic mass is 14.7. The molecule has 2 aromatic rings. The van der Waals surface area contributed by atoms with Crippen LogP contribution in [0.4, 0.5) is 0 Å². The molecule has 1 aliphatic rings. The molecular formula is C9H5N. The van der Waals surface area contributed by atoms with E-state index < -0.39 is 0 Å². The zero-order valence-corrected chi connectivity index (χ0v) is 5.33. The van der Waals surface area contributed by atoms with Crippen LogP contribution in [-0.4, -0.2) is 4.98 Å². The van der Waals surface area contributed by atoms with Crippen LogP contribution < -0.4 is 0 Å². The largest absolute Gasteiger partial charge is 0.256 e. The van der Waals surface area contributed by atoms with Crippen molar-refractivity contribution in [2.75, 3.05) is 0 Å². The topological polar surface area (TPSA) is 12.9 Å². The molecule has 1 aliphatic carbocycles. The summed E-state index contributed by atoms with van der Waals surface area (Å²) in [5.74, 6) is 0. The maximum Gasteiger partial charge on any atom is 0.0702 e. The van der Waals surface area contributed by atoms with Crippen LogP contribution in [0.25, 0.3) is 22.0 Å². The van der Waals surface area contributed by atoms with Crippen molar-refractivity contribution in [1.29, 1.82) is 0 Å². The van der Waals surface area contributed by atoms with Crippen LogP contribution >= 0.6 is 0 Å². The van der Waals surface area contributed by atoms with Gasteiger partial charge in [-0.05, 0) is 23.8 Å². The fourth-order valence-corrected chi connectivity index (χ4v) is 1.47. The summed E-state index contributed by atoms with van der Waals surface area (Å²) in [5, 5.41) is 1.27. The van der Waals surface area contributed by atoms with Crippen LogP contribution in [0.3, 0.4) is 0 Å². The number of nitrogens with zero attached hydrogens (tertiary/aromatic N) is 1. The standard InChI is InChI=1S/C9H5N/c1-2-9-7-3-6(1)8(4-7)5-10-9/h1-5H. The number of rotatable bonds is 0. The summed E-state index contributed by atoms with van der Waals surface area (Å²) in [6.07, 6.45) is 1.93. The summed E-state index contributed by atoms with van der Waals surface area (Å²) in [4.78, 5) is 4.26. The van der Waals surface area contributed by atoms with Crippen molar-refractivity contribution in [1.82, 2.24) is 4.98 Å². The Balaban J connectivity index is 2.81. The highest BCUT2D eigenvalue weighted by molar-refractivity contribution is 5.92. The molecule has 1 heteroatoms. The lowest BCUT2D eigenvalue weighted by Gasteiger charge is -1.84. The second-order valence-electron chi connectivity index (χ2n) is 2.63. The van der Waals surface area contributed by atoms with Crippen molar-refractivity contribution in [2.24, 2.45) is 0 Å².